The van der Waals surface area contributed by atoms with Crippen LogP contribution in [0.1, 0.15) is 25.1 Å². The van der Waals surface area contributed by atoms with E-state index in [1.54, 1.807) is 0 Å². The van der Waals surface area contributed by atoms with E-state index in [-0.39, 0.29) is 0 Å². The first kappa shape index (κ1) is 11.5. The standard InChI is InChI=1S/C11H20N4O/c1-3-12-10-4-6-15(8-10)7-5-11-13-9(2)16-14-11/h10,12H,3-8H2,1-2H3. The Hall–Kier alpha value is -0.940. The van der Waals surface area contributed by atoms with Crippen molar-refractivity contribution >= 4 is 0 Å². The van der Waals surface area contributed by atoms with Gasteiger partial charge in [0.15, 0.2) is 5.82 Å². The quantitative estimate of drug-likeness (QED) is 0.794. The average Bonchev–Trinajstić information content (AvgIpc) is 2.85. The Labute approximate surface area is 96.2 Å². The van der Waals surface area contributed by atoms with Gasteiger partial charge >= 0.3 is 0 Å². The maximum Gasteiger partial charge on any atom is 0.223 e. The van der Waals surface area contributed by atoms with Crippen LogP contribution in [0.5, 0.6) is 0 Å². The van der Waals surface area contributed by atoms with E-state index in [2.05, 4.69) is 27.3 Å². The molecule has 1 N–H and O–H groups in total. The largest absolute Gasteiger partial charge is 0.340 e. The van der Waals surface area contributed by atoms with Crippen LogP contribution in [0, 0.1) is 6.92 Å². The molecule has 0 saturated carbocycles. The van der Waals surface area contributed by atoms with Crippen molar-refractivity contribution < 1.29 is 4.52 Å². The van der Waals surface area contributed by atoms with Gasteiger partial charge in [-0.05, 0) is 19.5 Å². The van der Waals surface area contributed by atoms with Crippen molar-refractivity contribution in [1.29, 1.82) is 0 Å². The molecule has 0 aliphatic carbocycles. The Morgan fingerprint density at radius 1 is 1.56 bits per heavy atom. The Balaban J connectivity index is 1.71. The van der Waals surface area contributed by atoms with E-state index in [4.69, 9.17) is 4.52 Å². The number of nitrogens with one attached hydrogen (secondary N) is 1. The summed E-state index contributed by atoms with van der Waals surface area (Å²) in [4.78, 5) is 6.66. The van der Waals surface area contributed by atoms with Crippen LogP contribution in [0.25, 0.3) is 0 Å². The minimum Gasteiger partial charge on any atom is -0.340 e. The van der Waals surface area contributed by atoms with E-state index in [0.717, 1.165) is 31.9 Å². The van der Waals surface area contributed by atoms with Crippen molar-refractivity contribution in [2.75, 3.05) is 26.2 Å². The molecule has 1 fully saturated rings. The normalized spacial score (nSPS) is 21.8. The maximum absolute atomic E-state index is 4.95. The molecule has 0 amide bonds. The summed E-state index contributed by atoms with van der Waals surface area (Å²) in [6.07, 6.45) is 2.13. The van der Waals surface area contributed by atoms with Gasteiger partial charge in [-0.1, -0.05) is 12.1 Å². The number of hydrogen-bond acceptors (Lipinski definition) is 5. The Morgan fingerprint density at radius 2 is 2.44 bits per heavy atom. The molecular weight excluding hydrogens is 204 g/mol. The topological polar surface area (TPSA) is 54.2 Å². The van der Waals surface area contributed by atoms with E-state index in [1.165, 1.54) is 13.0 Å². The van der Waals surface area contributed by atoms with Crippen molar-refractivity contribution in [2.45, 2.75) is 32.7 Å². The van der Waals surface area contributed by atoms with Gasteiger partial charge in [0.2, 0.25) is 5.89 Å². The van der Waals surface area contributed by atoms with E-state index >= 15 is 0 Å². The minimum absolute atomic E-state index is 0.655. The average molecular weight is 224 g/mol. The van der Waals surface area contributed by atoms with Crippen molar-refractivity contribution in [3.05, 3.63) is 11.7 Å². The lowest BCUT2D eigenvalue weighted by Gasteiger charge is -2.14. The third-order valence-corrected chi connectivity index (χ3v) is 2.99. The molecular formula is C11H20N4O. The number of aryl methyl sites for hydroxylation is 1. The van der Waals surface area contributed by atoms with Gasteiger partial charge in [0.05, 0.1) is 0 Å². The SMILES string of the molecule is CCNC1CCN(CCc2noc(C)n2)C1. The van der Waals surface area contributed by atoms with Crippen LogP contribution in [0.3, 0.4) is 0 Å². The minimum atomic E-state index is 0.655. The number of hydrogen-bond donors (Lipinski definition) is 1. The van der Waals surface area contributed by atoms with Gasteiger partial charge in [-0.2, -0.15) is 4.98 Å². The zero-order valence-electron chi connectivity index (χ0n) is 10.1. The van der Waals surface area contributed by atoms with Gasteiger partial charge in [0.1, 0.15) is 0 Å². The number of nitrogens with zero attached hydrogens (tertiary/aromatic N) is 3. The second-order valence-corrected chi connectivity index (χ2v) is 4.32. The van der Waals surface area contributed by atoms with Crippen molar-refractivity contribution in [2.24, 2.45) is 0 Å². The zero-order valence-corrected chi connectivity index (χ0v) is 10.1. The Bertz CT molecular complexity index is 326. The number of likely N-dealkylation sites (N-methyl/N-ethyl adjacent to an activating group) is 1. The highest BCUT2D eigenvalue weighted by Crippen LogP contribution is 2.09. The summed E-state index contributed by atoms with van der Waals surface area (Å²) < 4.78 is 4.95. The molecule has 2 rings (SSSR count). The van der Waals surface area contributed by atoms with Crippen LogP contribution in [-0.2, 0) is 6.42 Å². The molecule has 1 saturated heterocycles. The second-order valence-electron chi connectivity index (χ2n) is 4.32. The molecule has 0 bridgehead atoms. The molecule has 1 aromatic rings. The van der Waals surface area contributed by atoms with Gasteiger partial charge in [-0.15, -0.1) is 0 Å². The molecule has 90 valence electrons. The van der Waals surface area contributed by atoms with Crippen LogP contribution < -0.4 is 5.32 Å². The predicted molar refractivity (Wildman–Crippen MR) is 61.3 cm³/mol. The summed E-state index contributed by atoms with van der Waals surface area (Å²) in [7, 11) is 0. The fourth-order valence-corrected chi connectivity index (χ4v) is 2.19. The number of likely N-dealkylation sites (tertiary alicyclic amines) is 1. The summed E-state index contributed by atoms with van der Waals surface area (Å²) in [6, 6.07) is 0.664. The smallest absolute Gasteiger partial charge is 0.223 e. The molecule has 1 aromatic heterocycles. The third kappa shape index (κ3) is 3.02. The van der Waals surface area contributed by atoms with Crippen LogP contribution in [-0.4, -0.2) is 47.3 Å². The summed E-state index contributed by atoms with van der Waals surface area (Å²) >= 11 is 0. The van der Waals surface area contributed by atoms with Crippen molar-refractivity contribution in [3.8, 4) is 0 Å². The van der Waals surface area contributed by atoms with E-state index in [1.807, 2.05) is 6.92 Å². The lowest BCUT2D eigenvalue weighted by Crippen LogP contribution is -2.33. The van der Waals surface area contributed by atoms with Crippen molar-refractivity contribution in [3.63, 3.8) is 0 Å². The van der Waals surface area contributed by atoms with Gasteiger partial charge in [-0.25, -0.2) is 0 Å². The highest BCUT2D eigenvalue weighted by Gasteiger charge is 2.21. The van der Waals surface area contributed by atoms with Gasteiger partial charge < -0.3 is 14.7 Å². The molecule has 5 nitrogen and oxygen atoms in total. The first-order valence-electron chi connectivity index (χ1n) is 6.03. The molecule has 0 spiro atoms. The molecule has 1 aliphatic heterocycles. The highest BCUT2D eigenvalue weighted by atomic mass is 16.5. The summed E-state index contributed by atoms with van der Waals surface area (Å²) in [6.45, 7) is 8.39. The lowest BCUT2D eigenvalue weighted by molar-refractivity contribution is 0.325. The maximum atomic E-state index is 4.95. The lowest BCUT2D eigenvalue weighted by atomic mass is 10.3. The van der Waals surface area contributed by atoms with Gasteiger partial charge in [0, 0.05) is 32.5 Å². The third-order valence-electron chi connectivity index (χ3n) is 2.99. The van der Waals surface area contributed by atoms with Crippen LogP contribution in [0.2, 0.25) is 0 Å². The predicted octanol–water partition coefficient (Wildman–Crippen LogP) is 0.604. The van der Waals surface area contributed by atoms with Crippen LogP contribution in [0.15, 0.2) is 4.52 Å². The Morgan fingerprint density at radius 3 is 3.12 bits per heavy atom. The molecule has 1 atom stereocenters. The highest BCUT2D eigenvalue weighted by molar-refractivity contribution is 4.87. The number of rotatable bonds is 5. The zero-order chi connectivity index (χ0) is 11.4. The van der Waals surface area contributed by atoms with Gasteiger partial charge in [0.25, 0.3) is 0 Å². The molecule has 5 heteroatoms. The van der Waals surface area contributed by atoms with E-state index in [0.29, 0.717) is 11.9 Å². The molecule has 0 radical (unpaired) electrons. The summed E-state index contributed by atoms with van der Waals surface area (Å²) in [5.74, 6) is 1.48. The molecule has 0 aromatic carbocycles. The summed E-state index contributed by atoms with van der Waals surface area (Å²) in [5.41, 5.74) is 0. The number of aromatic nitrogens is 2. The molecule has 2 heterocycles. The molecule has 1 unspecified atom stereocenters. The van der Waals surface area contributed by atoms with E-state index < -0.39 is 0 Å². The first-order chi connectivity index (χ1) is 7.78. The molecule has 16 heavy (non-hydrogen) atoms. The van der Waals surface area contributed by atoms with Gasteiger partial charge in [-0.3, -0.25) is 0 Å². The van der Waals surface area contributed by atoms with Crippen molar-refractivity contribution in [1.82, 2.24) is 20.4 Å². The second kappa shape index (κ2) is 5.41. The fraction of sp³-hybridized carbons (Fsp3) is 0.818. The Kier molecular flexibility index (Phi) is 3.90. The first-order valence-corrected chi connectivity index (χ1v) is 6.03. The fourth-order valence-electron chi connectivity index (χ4n) is 2.19. The summed E-state index contributed by atoms with van der Waals surface area (Å²) in [5, 5.41) is 7.39. The molecule has 1 aliphatic rings. The van der Waals surface area contributed by atoms with Crippen LogP contribution >= 0.6 is 0 Å². The monoisotopic (exact) mass is 224 g/mol. The van der Waals surface area contributed by atoms with Crippen LogP contribution in [0.4, 0.5) is 0 Å². The van der Waals surface area contributed by atoms with E-state index in [9.17, 15) is 0 Å².